The Bertz CT molecular complexity index is 331. The first-order valence-electron chi connectivity index (χ1n) is 4.45. The molecule has 15 heavy (non-hydrogen) atoms. The number of carbonyl (C=O) groups excluding carboxylic acids is 1. The van der Waals surface area contributed by atoms with Crippen molar-refractivity contribution in [1.29, 1.82) is 0 Å². The van der Waals surface area contributed by atoms with Crippen LogP contribution in [-0.4, -0.2) is 27.6 Å². The summed E-state index contributed by atoms with van der Waals surface area (Å²) in [5, 5.41) is 0. The standard InChI is InChI=1S/C11H14O4/c1-13-9-5-4-8(7-12)10(6-9)11(14-2)15-3/h4-7,11H,1-3H3. The first kappa shape index (κ1) is 11.7. The molecular weight excluding hydrogens is 196 g/mol. The van der Waals surface area contributed by atoms with E-state index in [4.69, 9.17) is 14.2 Å². The number of carbonyl (C=O) groups is 1. The third-order valence-corrected chi connectivity index (χ3v) is 2.10. The van der Waals surface area contributed by atoms with E-state index >= 15 is 0 Å². The van der Waals surface area contributed by atoms with Crippen molar-refractivity contribution in [1.82, 2.24) is 0 Å². The summed E-state index contributed by atoms with van der Waals surface area (Å²) < 4.78 is 15.2. The van der Waals surface area contributed by atoms with Crippen molar-refractivity contribution in [3.63, 3.8) is 0 Å². The highest BCUT2D eigenvalue weighted by Crippen LogP contribution is 2.25. The van der Waals surface area contributed by atoms with Gasteiger partial charge in [0.1, 0.15) is 5.75 Å². The number of hydrogen-bond donors (Lipinski definition) is 0. The van der Waals surface area contributed by atoms with E-state index in [1.54, 1.807) is 25.3 Å². The molecule has 0 aromatic heterocycles. The fourth-order valence-electron chi connectivity index (χ4n) is 1.34. The van der Waals surface area contributed by atoms with E-state index in [1.807, 2.05) is 0 Å². The first-order valence-corrected chi connectivity index (χ1v) is 4.45. The van der Waals surface area contributed by atoms with E-state index < -0.39 is 6.29 Å². The van der Waals surface area contributed by atoms with E-state index in [1.165, 1.54) is 14.2 Å². The summed E-state index contributed by atoms with van der Waals surface area (Å²) in [7, 11) is 4.60. The molecule has 0 aliphatic carbocycles. The zero-order chi connectivity index (χ0) is 11.3. The maximum absolute atomic E-state index is 10.8. The van der Waals surface area contributed by atoms with Crippen LogP contribution in [-0.2, 0) is 9.47 Å². The van der Waals surface area contributed by atoms with Crippen LogP contribution in [0.3, 0.4) is 0 Å². The van der Waals surface area contributed by atoms with Crippen LogP contribution in [0.4, 0.5) is 0 Å². The van der Waals surface area contributed by atoms with Gasteiger partial charge in [-0.05, 0) is 18.2 Å². The summed E-state index contributed by atoms with van der Waals surface area (Å²) in [6.45, 7) is 0. The maximum Gasteiger partial charge on any atom is 0.183 e. The van der Waals surface area contributed by atoms with Crippen molar-refractivity contribution in [3.05, 3.63) is 29.3 Å². The zero-order valence-electron chi connectivity index (χ0n) is 9.02. The minimum absolute atomic E-state index is 0.532. The monoisotopic (exact) mass is 210 g/mol. The van der Waals surface area contributed by atoms with Gasteiger partial charge in [-0.15, -0.1) is 0 Å². The largest absolute Gasteiger partial charge is 0.497 e. The summed E-state index contributed by atoms with van der Waals surface area (Å²) in [5.41, 5.74) is 1.19. The van der Waals surface area contributed by atoms with E-state index in [0.29, 0.717) is 16.9 Å². The second-order valence-corrected chi connectivity index (χ2v) is 2.92. The molecule has 1 aromatic rings. The summed E-state index contributed by atoms with van der Waals surface area (Å²) >= 11 is 0. The van der Waals surface area contributed by atoms with E-state index in [0.717, 1.165) is 6.29 Å². The van der Waals surface area contributed by atoms with Crippen LogP contribution in [0.5, 0.6) is 5.75 Å². The summed E-state index contributed by atoms with van der Waals surface area (Å²) in [6.07, 6.45) is 0.208. The molecule has 0 saturated carbocycles. The van der Waals surface area contributed by atoms with Gasteiger partial charge in [0, 0.05) is 25.3 Å². The summed E-state index contributed by atoms with van der Waals surface area (Å²) in [6, 6.07) is 5.11. The van der Waals surface area contributed by atoms with Crippen LogP contribution in [0.2, 0.25) is 0 Å². The quantitative estimate of drug-likeness (QED) is 0.549. The predicted molar refractivity (Wildman–Crippen MR) is 55.1 cm³/mol. The zero-order valence-corrected chi connectivity index (χ0v) is 9.02. The normalized spacial score (nSPS) is 10.4. The molecule has 0 aliphatic heterocycles. The van der Waals surface area contributed by atoms with Crippen LogP contribution in [0, 0.1) is 0 Å². The molecular formula is C11H14O4. The van der Waals surface area contributed by atoms with Crippen LogP contribution >= 0.6 is 0 Å². The molecule has 0 unspecified atom stereocenters. The molecule has 0 amide bonds. The topological polar surface area (TPSA) is 44.8 Å². The van der Waals surface area contributed by atoms with E-state index in [2.05, 4.69) is 0 Å². The van der Waals surface area contributed by atoms with Gasteiger partial charge in [-0.25, -0.2) is 0 Å². The second-order valence-electron chi connectivity index (χ2n) is 2.92. The Hall–Kier alpha value is -1.39. The Morgan fingerprint density at radius 2 is 1.87 bits per heavy atom. The average Bonchev–Trinajstić information content (AvgIpc) is 2.30. The second kappa shape index (κ2) is 5.48. The molecule has 4 nitrogen and oxygen atoms in total. The predicted octanol–water partition coefficient (Wildman–Crippen LogP) is 1.80. The molecule has 0 radical (unpaired) electrons. The van der Waals surface area contributed by atoms with Crippen LogP contribution in [0.25, 0.3) is 0 Å². The lowest BCUT2D eigenvalue weighted by atomic mass is 10.1. The molecule has 0 fully saturated rings. The molecule has 0 heterocycles. The lowest BCUT2D eigenvalue weighted by molar-refractivity contribution is -0.106. The summed E-state index contributed by atoms with van der Waals surface area (Å²) in [4.78, 5) is 10.8. The van der Waals surface area contributed by atoms with Crippen LogP contribution < -0.4 is 4.74 Å². The Labute approximate surface area is 88.8 Å². The van der Waals surface area contributed by atoms with Gasteiger partial charge in [0.15, 0.2) is 12.6 Å². The molecule has 0 saturated heterocycles. The van der Waals surface area contributed by atoms with Gasteiger partial charge in [-0.3, -0.25) is 4.79 Å². The Morgan fingerprint density at radius 3 is 2.33 bits per heavy atom. The lowest BCUT2D eigenvalue weighted by Gasteiger charge is -2.16. The van der Waals surface area contributed by atoms with Gasteiger partial charge < -0.3 is 14.2 Å². The highest BCUT2D eigenvalue weighted by Gasteiger charge is 2.14. The molecule has 1 aromatic carbocycles. The highest BCUT2D eigenvalue weighted by molar-refractivity contribution is 5.77. The van der Waals surface area contributed by atoms with Crippen molar-refractivity contribution in [2.75, 3.05) is 21.3 Å². The van der Waals surface area contributed by atoms with Crippen molar-refractivity contribution in [2.24, 2.45) is 0 Å². The fraction of sp³-hybridized carbons (Fsp3) is 0.364. The van der Waals surface area contributed by atoms with E-state index in [-0.39, 0.29) is 0 Å². The van der Waals surface area contributed by atoms with Crippen LogP contribution in [0.15, 0.2) is 18.2 Å². The molecule has 0 aliphatic rings. The third-order valence-electron chi connectivity index (χ3n) is 2.10. The maximum atomic E-state index is 10.8. The van der Waals surface area contributed by atoms with E-state index in [9.17, 15) is 4.79 Å². The van der Waals surface area contributed by atoms with Crippen molar-refractivity contribution in [3.8, 4) is 5.75 Å². The summed E-state index contributed by atoms with van der Waals surface area (Å²) in [5.74, 6) is 0.662. The number of rotatable bonds is 5. The number of methoxy groups -OCH3 is 3. The Morgan fingerprint density at radius 1 is 1.20 bits per heavy atom. The van der Waals surface area contributed by atoms with Crippen molar-refractivity contribution < 1.29 is 19.0 Å². The average molecular weight is 210 g/mol. The molecule has 4 heteroatoms. The highest BCUT2D eigenvalue weighted by atomic mass is 16.7. The molecule has 0 atom stereocenters. The Kier molecular flexibility index (Phi) is 4.27. The molecule has 0 spiro atoms. The van der Waals surface area contributed by atoms with Crippen molar-refractivity contribution in [2.45, 2.75) is 6.29 Å². The first-order chi connectivity index (χ1) is 7.26. The Balaban J connectivity index is 3.15. The van der Waals surface area contributed by atoms with Gasteiger partial charge in [0.05, 0.1) is 7.11 Å². The van der Waals surface area contributed by atoms with Crippen molar-refractivity contribution >= 4 is 6.29 Å². The van der Waals surface area contributed by atoms with Gasteiger partial charge in [0.2, 0.25) is 0 Å². The number of aldehydes is 1. The molecule has 1 rings (SSSR count). The molecule has 0 N–H and O–H groups in total. The number of benzene rings is 1. The minimum atomic E-state index is -0.555. The number of hydrogen-bond acceptors (Lipinski definition) is 4. The van der Waals surface area contributed by atoms with Crippen LogP contribution in [0.1, 0.15) is 22.2 Å². The lowest BCUT2D eigenvalue weighted by Crippen LogP contribution is -2.07. The van der Waals surface area contributed by atoms with Gasteiger partial charge >= 0.3 is 0 Å². The SMILES string of the molecule is COc1ccc(C=O)c(C(OC)OC)c1. The molecule has 82 valence electrons. The third kappa shape index (κ3) is 2.55. The van der Waals surface area contributed by atoms with Gasteiger partial charge in [-0.2, -0.15) is 0 Å². The molecule has 0 bridgehead atoms. The number of ether oxygens (including phenoxy) is 3. The smallest absolute Gasteiger partial charge is 0.183 e. The fourth-order valence-corrected chi connectivity index (χ4v) is 1.34. The minimum Gasteiger partial charge on any atom is -0.497 e. The van der Waals surface area contributed by atoms with Gasteiger partial charge in [-0.1, -0.05) is 0 Å². The van der Waals surface area contributed by atoms with Gasteiger partial charge in [0.25, 0.3) is 0 Å².